The van der Waals surface area contributed by atoms with Gasteiger partial charge >= 0.3 is 15.2 Å². The highest BCUT2D eigenvalue weighted by atomic mass is 31.2. The summed E-state index contributed by atoms with van der Waals surface area (Å²) in [5.41, 5.74) is 0.399. The predicted molar refractivity (Wildman–Crippen MR) is 105 cm³/mol. The fourth-order valence-electron chi connectivity index (χ4n) is 2.68. The third kappa shape index (κ3) is 5.66. The minimum Gasteiger partial charge on any atom is -0.348 e. The van der Waals surface area contributed by atoms with Crippen LogP contribution in [-0.4, -0.2) is 39.0 Å². The van der Waals surface area contributed by atoms with Crippen molar-refractivity contribution in [3.8, 4) is 0 Å². The quantitative estimate of drug-likeness (QED) is 0.628. The first-order valence-electron chi connectivity index (χ1n) is 9.06. The van der Waals surface area contributed by atoms with Crippen LogP contribution in [0.15, 0.2) is 30.3 Å². The smallest absolute Gasteiger partial charge is 0.348 e. The second-order valence-corrected chi connectivity index (χ2v) is 12.8. The standard InChI is InChI=1S/C18H29NO6P2/c1-17(2)10-22-26(20,23-11-17)14-19(16-8-6-5-7-9-16)15-27(21)24-12-18(3,4)13-25-27/h5-9H,10-15H2,1-4H3. The molecule has 2 saturated heterocycles. The molecule has 1 aromatic carbocycles. The summed E-state index contributed by atoms with van der Waals surface area (Å²) in [7, 11) is -6.69. The Bertz CT molecular complexity index is 679. The molecule has 0 amide bonds. The number of anilines is 1. The molecule has 9 heteroatoms. The largest absolute Gasteiger partial charge is 0.349 e. The van der Waals surface area contributed by atoms with Gasteiger partial charge in [-0.1, -0.05) is 45.9 Å². The molecule has 2 fully saturated rings. The summed E-state index contributed by atoms with van der Waals surface area (Å²) < 4.78 is 48.6. The average molecular weight is 417 g/mol. The van der Waals surface area contributed by atoms with Gasteiger partial charge in [0.05, 0.1) is 26.4 Å². The molecule has 0 spiro atoms. The number of benzene rings is 1. The summed E-state index contributed by atoms with van der Waals surface area (Å²) in [6, 6.07) is 9.34. The van der Waals surface area contributed by atoms with Gasteiger partial charge in [0.1, 0.15) is 12.6 Å². The molecule has 0 saturated carbocycles. The van der Waals surface area contributed by atoms with E-state index in [9.17, 15) is 9.13 Å². The highest BCUT2D eigenvalue weighted by Gasteiger charge is 2.42. The Labute approximate surface area is 161 Å². The topological polar surface area (TPSA) is 74.3 Å². The van der Waals surface area contributed by atoms with E-state index in [0.29, 0.717) is 26.4 Å². The van der Waals surface area contributed by atoms with Gasteiger partial charge in [-0.25, -0.2) is 0 Å². The van der Waals surface area contributed by atoms with Gasteiger partial charge in [0.25, 0.3) is 0 Å². The van der Waals surface area contributed by atoms with Gasteiger partial charge in [0.2, 0.25) is 0 Å². The molecule has 1 aromatic rings. The van der Waals surface area contributed by atoms with Gasteiger partial charge in [-0.05, 0) is 12.1 Å². The number of rotatable bonds is 5. The minimum atomic E-state index is -3.34. The zero-order chi connectivity index (χ0) is 19.8. The third-order valence-electron chi connectivity index (χ3n) is 4.42. The lowest BCUT2D eigenvalue weighted by Gasteiger charge is -2.39. The zero-order valence-electron chi connectivity index (χ0n) is 16.4. The van der Waals surface area contributed by atoms with Gasteiger partial charge < -0.3 is 23.0 Å². The van der Waals surface area contributed by atoms with Crippen molar-refractivity contribution in [3.05, 3.63) is 30.3 Å². The van der Waals surface area contributed by atoms with Crippen LogP contribution in [0.1, 0.15) is 27.7 Å². The Morgan fingerprint density at radius 1 is 0.778 bits per heavy atom. The van der Waals surface area contributed by atoms with Crippen molar-refractivity contribution in [2.75, 3.05) is 43.9 Å². The van der Waals surface area contributed by atoms with Crippen LogP contribution in [0, 0.1) is 10.8 Å². The van der Waals surface area contributed by atoms with Crippen LogP contribution in [-0.2, 0) is 27.2 Å². The van der Waals surface area contributed by atoms with E-state index in [1.54, 1.807) is 4.90 Å². The lowest BCUT2D eigenvalue weighted by atomic mass is 9.97. The number of para-hydroxylation sites is 1. The fraction of sp³-hybridized carbons (Fsp3) is 0.667. The molecule has 7 nitrogen and oxygen atoms in total. The maximum Gasteiger partial charge on any atom is 0.349 e. The van der Waals surface area contributed by atoms with Crippen molar-refractivity contribution in [3.63, 3.8) is 0 Å². The second kappa shape index (κ2) is 7.62. The number of hydrogen-bond acceptors (Lipinski definition) is 7. The molecule has 0 atom stereocenters. The normalized spacial score (nSPS) is 25.6. The van der Waals surface area contributed by atoms with Crippen LogP contribution in [0.2, 0.25) is 0 Å². The van der Waals surface area contributed by atoms with Gasteiger partial charge in [-0.15, -0.1) is 0 Å². The van der Waals surface area contributed by atoms with Crippen molar-refractivity contribution >= 4 is 20.9 Å². The number of nitrogens with zero attached hydrogens (tertiary/aromatic N) is 1. The van der Waals surface area contributed by atoms with E-state index in [4.69, 9.17) is 18.1 Å². The van der Waals surface area contributed by atoms with Gasteiger partial charge in [0.15, 0.2) is 0 Å². The van der Waals surface area contributed by atoms with Crippen molar-refractivity contribution in [1.29, 1.82) is 0 Å². The summed E-state index contributed by atoms with van der Waals surface area (Å²) in [5.74, 6) is 0. The van der Waals surface area contributed by atoms with Crippen LogP contribution in [0.4, 0.5) is 5.69 Å². The van der Waals surface area contributed by atoms with Crippen LogP contribution in [0.3, 0.4) is 0 Å². The first kappa shape index (κ1) is 21.0. The van der Waals surface area contributed by atoms with Crippen molar-refractivity contribution in [2.24, 2.45) is 10.8 Å². The summed E-state index contributed by atoms with van der Waals surface area (Å²) in [6.07, 6.45) is -0.0135. The highest BCUT2D eigenvalue weighted by molar-refractivity contribution is 7.55. The molecule has 152 valence electrons. The number of hydrogen-bond donors (Lipinski definition) is 0. The average Bonchev–Trinajstić information content (AvgIpc) is 2.62. The Balaban J connectivity index is 1.77. The molecule has 0 unspecified atom stereocenters. The second-order valence-electron chi connectivity index (χ2n) is 8.80. The zero-order valence-corrected chi connectivity index (χ0v) is 18.2. The minimum absolute atomic E-state index is 0.00675. The van der Waals surface area contributed by atoms with E-state index in [-0.39, 0.29) is 23.4 Å². The Kier molecular flexibility index (Phi) is 5.94. The van der Waals surface area contributed by atoms with E-state index >= 15 is 0 Å². The van der Waals surface area contributed by atoms with E-state index < -0.39 is 15.2 Å². The van der Waals surface area contributed by atoms with Crippen LogP contribution >= 0.6 is 15.2 Å². The monoisotopic (exact) mass is 417 g/mol. The molecule has 0 radical (unpaired) electrons. The Morgan fingerprint density at radius 2 is 1.15 bits per heavy atom. The van der Waals surface area contributed by atoms with Crippen molar-refractivity contribution < 1.29 is 27.2 Å². The van der Waals surface area contributed by atoms with E-state index in [1.807, 2.05) is 58.0 Å². The fourth-order valence-corrected chi connectivity index (χ4v) is 6.86. The molecule has 0 aromatic heterocycles. The summed E-state index contributed by atoms with van der Waals surface area (Å²) in [6.45, 7) is 9.39. The molecule has 27 heavy (non-hydrogen) atoms. The maximum absolute atomic E-state index is 13.1. The van der Waals surface area contributed by atoms with Gasteiger partial charge in [-0.3, -0.25) is 9.13 Å². The van der Waals surface area contributed by atoms with E-state index in [2.05, 4.69) is 0 Å². The molecule has 2 heterocycles. The maximum atomic E-state index is 13.1. The highest BCUT2D eigenvalue weighted by Crippen LogP contribution is 2.58. The first-order valence-corrected chi connectivity index (χ1v) is 12.5. The third-order valence-corrected chi connectivity index (χ3v) is 7.88. The lowest BCUT2D eigenvalue weighted by molar-refractivity contribution is 0.0396. The van der Waals surface area contributed by atoms with Crippen molar-refractivity contribution in [2.45, 2.75) is 27.7 Å². The Morgan fingerprint density at radius 3 is 1.52 bits per heavy atom. The summed E-state index contributed by atoms with van der Waals surface area (Å²) in [4.78, 5) is 1.72. The molecule has 2 aliphatic heterocycles. The van der Waals surface area contributed by atoms with Gasteiger partial charge in [0, 0.05) is 16.5 Å². The lowest BCUT2D eigenvalue weighted by Crippen LogP contribution is -2.36. The Hall–Kier alpha value is -0.680. The molecule has 3 rings (SSSR count). The molecule has 0 aliphatic carbocycles. The van der Waals surface area contributed by atoms with Crippen LogP contribution in [0.5, 0.6) is 0 Å². The van der Waals surface area contributed by atoms with Gasteiger partial charge in [-0.2, -0.15) is 0 Å². The van der Waals surface area contributed by atoms with Crippen LogP contribution in [0.25, 0.3) is 0 Å². The molecular weight excluding hydrogens is 388 g/mol. The summed E-state index contributed by atoms with van der Waals surface area (Å²) >= 11 is 0. The molecule has 2 aliphatic rings. The van der Waals surface area contributed by atoms with E-state index in [1.165, 1.54) is 0 Å². The van der Waals surface area contributed by atoms with Crippen LogP contribution < -0.4 is 4.90 Å². The first-order chi connectivity index (χ1) is 12.5. The predicted octanol–water partition coefficient (Wildman–Crippen LogP) is 4.94. The van der Waals surface area contributed by atoms with E-state index in [0.717, 1.165) is 5.69 Å². The molecule has 0 N–H and O–H groups in total. The SMILES string of the molecule is CC1(C)COP(=O)(CN(CP2(=O)OCC(C)(C)CO2)c2ccccc2)OC1. The summed E-state index contributed by atoms with van der Waals surface area (Å²) in [5, 5.41) is 0. The molecule has 0 bridgehead atoms. The van der Waals surface area contributed by atoms with Crippen molar-refractivity contribution in [1.82, 2.24) is 0 Å². The molecular formula is C18H29NO6P2.